The fourth-order valence-electron chi connectivity index (χ4n) is 6.02. The van der Waals surface area contributed by atoms with E-state index >= 15 is 0 Å². The van der Waals surface area contributed by atoms with Gasteiger partial charge in [0, 0.05) is 33.9 Å². The van der Waals surface area contributed by atoms with Gasteiger partial charge in [-0.25, -0.2) is 0 Å². The van der Waals surface area contributed by atoms with E-state index in [-0.39, 0.29) is 10.8 Å². The highest BCUT2D eigenvalue weighted by Crippen LogP contribution is 2.46. The van der Waals surface area contributed by atoms with Crippen LogP contribution in [0.5, 0.6) is 0 Å². The van der Waals surface area contributed by atoms with Crippen molar-refractivity contribution in [3.63, 3.8) is 0 Å². The smallest absolute Gasteiger partial charge is 0.0540 e. The molecular formula is C44H44N2. The molecule has 0 aromatic heterocycles. The van der Waals surface area contributed by atoms with Crippen LogP contribution in [0.4, 0.5) is 34.1 Å². The summed E-state index contributed by atoms with van der Waals surface area (Å²) < 4.78 is 0. The summed E-state index contributed by atoms with van der Waals surface area (Å²) >= 11 is 0. The maximum Gasteiger partial charge on any atom is 0.0540 e. The van der Waals surface area contributed by atoms with Gasteiger partial charge in [-0.2, -0.15) is 0 Å². The Balaban J connectivity index is 1.54. The van der Waals surface area contributed by atoms with Crippen molar-refractivity contribution in [3.05, 3.63) is 169 Å². The summed E-state index contributed by atoms with van der Waals surface area (Å²) in [5, 5.41) is 0. The summed E-state index contributed by atoms with van der Waals surface area (Å²) in [7, 11) is 0. The Labute approximate surface area is 275 Å². The minimum atomic E-state index is 0.0823. The number of rotatable bonds is 7. The molecular weight excluding hydrogens is 556 g/mol. The molecule has 6 aromatic carbocycles. The van der Waals surface area contributed by atoms with Crippen LogP contribution in [0.2, 0.25) is 0 Å². The first-order valence-corrected chi connectivity index (χ1v) is 16.2. The molecule has 0 N–H and O–H groups in total. The normalized spacial score (nSPS) is 11.7. The molecule has 0 bridgehead atoms. The molecule has 0 saturated heterocycles. The van der Waals surface area contributed by atoms with Crippen LogP contribution in [-0.2, 0) is 10.8 Å². The number of benzene rings is 6. The van der Waals surface area contributed by atoms with Gasteiger partial charge in [-0.1, -0.05) is 139 Å². The molecule has 0 saturated carbocycles. The number of hydrogen-bond donors (Lipinski definition) is 0. The minimum absolute atomic E-state index is 0.0823. The van der Waals surface area contributed by atoms with Crippen LogP contribution >= 0.6 is 0 Å². The summed E-state index contributed by atoms with van der Waals surface area (Å²) in [6, 6.07) is 57.0. The fourth-order valence-corrected chi connectivity index (χ4v) is 6.02. The average Bonchev–Trinajstić information content (AvgIpc) is 3.06. The quantitative estimate of drug-likeness (QED) is 0.180. The van der Waals surface area contributed by atoms with Crippen LogP contribution in [-0.4, -0.2) is 0 Å². The fraction of sp³-hybridized carbons (Fsp3) is 0.182. The average molecular weight is 601 g/mol. The van der Waals surface area contributed by atoms with E-state index in [0.29, 0.717) is 0 Å². The Bertz CT molecular complexity index is 1730. The largest absolute Gasteiger partial charge is 0.310 e. The SMILES string of the molecule is CC(C)(C)c1ccc(N(c2ccccc2)c2ccccc2-c2ccccc2N(c2ccccc2)c2ccc(C(C)(C)C)cc2)cc1. The molecule has 6 aromatic rings. The molecule has 0 fully saturated rings. The standard InChI is InChI=1S/C44H44N2/c1-43(2,3)33-25-29-37(30-26-33)45(35-17-9-7-10-18-35)41-23-15-13-21-39(41)40-22-14-16-24-42(40)46(36-19-11-8-12-20-36)38-31-27-34(28-32-38)44(4,5)6/h7-32H,1-6H3. The monoisotopic (exact) mass is 600 g/mol. The van der Waals surface area contributed by atoms with Gasteiger partial charge in [0.25, 0.3) is 0 Å². The second kappa shape index (κ2) is 12.7. The third kappa shape index (κ3) is 6.48. The highest BCUT2D eigenvalue weighted by Gasteiger charge is 2.23. The topological polar surface area (TPSA) is 6.48 Å². The second-order valence-electron chi connectivity index (χ2n) is 14.0. The zero-order chi connectivity index (χ0) is 32.3. The van der Waals surface area contributed by atoms with E-state index in [1.54, 1.807) is 0 Å². The summed E-state index contributed by atoms with van der Waals surface area (Å²) in [4.78, 5) is 4.76. The van der Waals surface area contributed by atoms with E-state index < -0.39 is 0 Å². The van der Waals surface area contributed by atoms with Gasteiger partial charge < -0.3 is 9.80 Å². The van der Waals surface area contributed by atoms with E-state index in [4.69, 9.17) is 0 Å². The first-order valence-electron chi connectivity index (χ1n) is 16.2. The Morgan fingerprint density at radius 1 is 0.304 bits per heavy atom. The molecule has 0 heterocycles. The lowest BCUT2D eigenvalue weighted by atomic mass is 9.87. The lowest BCUT2D eigenvalue weighted by Crippen LogP contribution is -2.15. The van der Waals surface area contributed by atoms with Crippen LogP contribution in [0.25, 0.3) is 11.1 Å². The van der Waals surface area contributed by atoms with Crippen molar-refractivity contribution in [2.75, 3.05) is 9.80 Å². The molecule has 0 atom stereocenters. The highest BCUT2D eigenvalue weighted by molar-refractivity contribution is 5.95. The van der Waals surface area contributed by atoms with Crippen LogP contribution in [0, 0.1) is 0 Å². The lowest BCUT2D eigenvalue weighted by Gasteiger charge is -2.31. The molecule has 2 nitrogen and oxygen atoms in total. The van der Waals surface area contributed by atoms with Gasteiger partial charge in [0.15, 0.2) is 0 Å². The zero-order valence-corrected chi connectivity index (χ0v) is 27.9. The second-order valence-corrected chi connectivity index (χ2v) is 14.0. The third-order valence-corrected chi connectivity index (χ3v) is 8.59. The van der Waals surface area contributed by atoms with E-state index in [0.717, 1.165) is 45.3 Å². The zero-order valence-electron chi connectivity index (χ0n) is 27.9. The van der Waals surface area contributed by atoms with Crippen molar-refractivity contribution in [1.29, 1.82) is 0 Å². The van der Waals surface area contributed by atoms with Crippen molar-refractivity contribution in [1.82, 2.24) is 0 Å². The van der Waals surface area contributed by atoms with Crippen molar-refractivity contribution in [3.8, 4) is 11.1 Å². The van der Waals surface area contributed by atoms with Crippen LogP contribution < -0.4 is 9.80 Å². The number of anilines is 6. The highest BCUT2D eigenvalue weighted by atomic mass is 15.2. The molecule has 0 spiro atoms. The maximum absolute atomic E-state index is 2.38. The summed E-state index contributed by atoms with van der Waals surface area (Å²) in [6.07, 6.45) is 0. The molecule has 46 heavy (non-hydrogen) atoms. The first kappa shape index (κ1) is 30.9. The molecule has 0 aliphatic heterocycles. The molecule has 230 valence electrons. The summed E-state index contributed by atoms with van der Waals surface area (Å²) in [5.41, 5.74) is 11.9. The predicted molar refractivity (Wildman–Crippen MR) is 199 cm³/mol. The number of nitrogens with zero attached hydrogens (tertiary/aromatic N) is 2. The molecule has 0 amide bonds. The number of para-hydroxylation sites is 4. The molecule has 0 radical (unpaired) electrons. The van der Waals surface area contributed by atoms with Crippen LogP contribution in [0.1, 0.15) is 52.7 Å². The lowest BCUT2D eigenvalue weighted by molar-refractivity contribution is 0.590. The summed E-state index contributed by atoms with van der Waals surface area (Å²) in [6.45, 7) is 13.6. The Kier molecular flexibility index (Phi) is 8.56. The third-order valence-electron chi connectivity index (χ3n) is 8.59. The molecule has 0 aliphatic rings. The number of hydrogen-bond acceptors (Lipinski definition) is 2. The van der Waals surface area contributed by atoms with Crippen LogP contribution in [0.15, 0.2) is 158 Å². The van der Waals surface area contributed by atoms with E-state index in [1.807, 2.05) is 0 Å². The predicted octanol–water partition coefficient (Wildman–Crippen LogP) is 12.9. The van der Waals surface area contributed by atoms with Gasteiger partial charge in [0.1, 0.15) is 0 Å². The van der Waals surface area contributed by atoms with E-state index in [9.17, 15) is 0 Å². The van der Waals surface area contributed by atoms with Crippen molar-refractivity contribution in [2.24, 2.45) is 0 Å². The van der Waals surface area contributed by atoms with Gasteiger partial charge >= 0.3 is 0 Å². The molecule has 6 rings (SSSR count). The maximum atomic E-state index is 2.38. The van der Waals surface area contributed by atoms with E-state index in [2.05, 4.69) is 209 Å². The Morgan fingerprint density at radius 3 is 0.913 bits per heavy atom. The van der Waals surface area contributed by atoms with Crippen molar-refractivity contribution < 1.29 is 0 Å². The van der Waals surface area contributed by atoms with Gasteiger partial charge in [-0.05, 0) is 82.6 Å². The Hall–Kier alpha value is -5.08. The molecule has 0 aliphatic carbocycles. The van der Waals surface area contributed by atoms with Crippen molar-refractivity contribution >= 4 is 34.1 Å². The minimum Gasteiger partial charge on any atom is -0.310 e. The first-order chi connectivity index (χ1) is 22.1. The van der Waals surface area contributed by atoms with Crippen LogP contribution in [0.3, 0.4) is 0 Å². The van der Waals surface area contributed by atoms with Gasteiger partial charge in [0.2, 0.25) is 0 Å². The van der Waals surface area contributed by atoms with Gasteiger partial charge in [-0.3, -0.25) is 0 Å². The Morgan fingerprint density at radius 2 is 0.587 bits per heavy atom. The van der Waals surface area contributed by atoms with E-state index in [1.165, 1.54) is 11.1 Å². The molecule has 0 unspecified atom stereocenters. The van der Waals surface area contributed by atoms with Gasteiger partial charge in [0.05, 0.1) is 11.4 Å². The van der Waals surface area contributed by atoms with Crippen molar-refractivity contribution in [2.45, 2.75) is 52.4 Å². The van der Waals surface area contributed by atoms with Gasteiger partial charge in [-0.15, -0.1) is 0 Å². The summed E-state index contributed by atoms with van der Waals surface area (Å²) in [5.74, 6) is 0. The molecule has 2 heteroatoms.